The number of hydrogen-bond acceptors (Lipinski definition) is 5. The molecule has 1 aliphatic rings. The maximum Gasteiger partial charge on any atom is 0.255 e. The van der Waals surface area contributed by atoms with Crippen molar-refractivity contribution in [2.24, 2.45) is 0 Å². The number of rotatable bonds is 7. The summed E-state index contributed by atoms with van der Waals surface area (Å²) in [6.45, 7) is 4.50. The fraction of sp³-hybridized carbons (Fsp3) is 0.259. The van der Waals surface area contributed by atoms with Crippen LogP contribution in [0.5, 0.6) is 5.75 Å². The van der Waals surface area contributed by atoms with Gasteiger partial charge in [-0.15, -0.1) is 0 Å². The lowest BCUT2D eigenvalue weighted by Gasteiger charge is -2.31. The zero-order chi connectivity index (χ0) is 23.9. The smallest absolute Gasteiger partial charge is 0.255 e. The normalized spacial score (nSPS) is 14.8. The Labute approximate surface area is 199 Å². The number of carbonyl (C=O) groups is 2. The number of hydrogen-bond donors (Lipinski definition) is 2. The number of anilines is 2. The molecule has 0 radical (unpaired) electrons. The lowest BCUT2D eigenvalue weighted by molar-refractivity contribution is -0.122. The molecule has 7 heteroatoms. The standard InChI is InChI=1S/C27H29N3O4/c1-19(30-14-16-34-17-15-30)26(31)29-24-18-22(10-13-25(24)33-2)27(32)28-23-11-8-21(9-12-23)20-6-4-3-5-7-20/h3-13,18-19H,14-17H2,1-2H3,(H,28,32)(H,29,31). The van der Waals surface area contributed by atoms with Gasteiger partial charge in [-0.25, -0.2) is 0 Å². The summed E-state index contributed by atoms with van der Waals surface area (Å²) >= 11 is 0. The maximum absolute atomic E-state index is 12.9. The first-order valence-corrected chi connectivity index (χ1v) is 11.3. The molecule has 176 valence electrons. The van der Waals surface area contributed by atoms with Crippen molar-refractivity contribution in [2.45, 2.75) is 13.0 Å². The van der Waals surface area contributed by atoms with E-state index in [0.717, 1.165) is 11.1 Å². The van der Waals surface area contributed by atoms with Gasteiger partial charge in [0.05, 0.1) is 32.1 Å². The van der Waals surface area contributed by atoms with Crippen LogP contribution in [0.25, 0.3) is 11.1 Å². The largest absolute Gasteiger partial charge is 0.495 e. The van der Waals surface area contributed by atoms with Crippen LogP contribution in [0.4, 0.5) is 11.4 Å². The van der Waals surface area contributed by atoms with Gasteiger partial charge >= 0.3 is 0 Å². The number of nitrogens with one attached hydrogen (secondary N) is 2. The van der Waals surface area contributed by atoms with Crippen LogP contribution in [0.15, 0.2) is 72.8 Å². The molecule has 2 amide bonds. The molecule has 1 heterocycles. The molecule has 0 spiro atoms. The van der Waals surface area contributed by atoms with E-state index in [1.807, 2.05) is 61.5 Å². The van der Waals surface area contributed by atoms with Crippen molar-refractivity contribution in [3.05, 3.63) is 78.4 Å². The summed E-state index contributed by atoms with van der Waals surface area (Å²) in [5.74, 6) is 0.0624. The van der Waals surface area contributed by atoms with Crippen LogP contribution < -0.4 is 15.4 Å². The SMILES string of the molecule is COc1ccc(C(=O)Nc2ccc(-c3ccccc3)cc2)cc1NC(=O)C(C)N1CCOCC1. The topological polar surface area (TPSA) is 79.9 Å². The number of benzene rings is 3. The molecule has 1 saturated heterocycles. The molecule has 1 unspecified atom stereocenters. The van der Waals surface area contributed by atoms with E-state index in [-0.39, 0.29) is 17.9 Å². The van der Waals surface area contributed by atoms with Gasteiger partial charge in [-0.05, 0) is 48.4 Å². The quantitative estimate of drug-likeness (QED) is 0.552. The van der Waals surface area contributed by atoms with Crippen molar-refractivity contribution in [3.63, 3.8) is 0 Å². The van der Waals surface area contributed by atoms with E-state index in [2.05, 4.69) is 15.5 Å². The maximum atomic E-state index is 12.9. The summed E-state index contributed by atoms with van der Waals surface area (Å²) in [7, 11) is 1.53. The number of amides is 2. The average Bonchev–Trinajstić information content (AvgIpc) is 2.89. The highest BCUT2D eigenvalue weighted by Gasteiger charge is 2.24. The molecule has 0 aromatic heterocycles. The van der Waals surface area contributed by atoms with Gasteiger partial charge in [-0.3, -0.25) is 14.5 Å². The molecule has 0 saturated carbocycles. The van der Waals surface area contributed by atoms with E-state index in [9.17, 15) is 9.59 Å². The third kappa shape index (κ3) is 5.62. The van der Waals surface area contributed by atoms with Crippen molar-refractivity contribution in [1.82, 2.24) is 4.90 Å². The van der Waals surface area contributed by atoms with E-state index >= 15 is 0 Å². The van der Waals surface area contributed by atoms with Gasteiger partial charge in [-0.2, -0.15) is 0 Å². The highest BCUT2D eigenvalue weighted by atomic mass is 16.5. The summed E-state index contributed by atoms with van der Waals surface area (Å²) in [4.78, 5) is 27.8. The number of methoxy groups -OCH3 is 1. The second-order valence-electron chi connectivity index (χ2n) is 8.13. The number of carbonyl (C=O) groups excluding carboxylic acids is 2. The van der Waals surface area contributed by atoms with Gasteiger partial charge < -0.3 is 20.1 Å². The van der Waals surface area contributed by atoms with E-state index in [0.29, 0.717) is 49.0 Å². The van der Waals surface area contributed by atoms with Crippen molar-refractivity contribution >= 4 is 23.2 Å². The number of nitrogens with zero attached hydrogens (tertiary/aromatic N) is 1. The Balaban J connectivity index is 1.45. The van der Waals surface area contributed by atoms with Crippen LogP contribution in [0, 0.1) is 0 Å². The first kappa shape index (κ1) is 23.5. The van der Waals surface area contributed by atoms with Gasteiger partial charge in [0.25, 0.3) is 5.91 Å². The predicted octanol–water partition coefficient (Wildman–Crippen LogP) is 4.27. The van der Waals surface area contributed by atoms with Gasteiger partial charge in [-0.1, -0.05) is 42.5 Å². The fourth-order valence-electron chi connectivity index (χ4n) is 3.89. The molecule has 3 aromatic rings. The summed E-state index contributed by atoms with van der Waals surface area (Å²) in [6.07, 6.45) is 0. The minimum atomic E-state index is -0.325. The Morgan fingerprint density at radius 2 is 1.59 bits per heavy atom. The van der Waals surface area contributed by atoms with Crippen LogP contribution in [0.1, 0.15) is 17.3 Å². The van der Waals surface area contributed by atoms with Crippen LogP contribution in [-0.2, 0) is 9.53 Å². The van der Waals surface area contributed by atoms with Crippen molar-refractivity contribution in [3.8, 4) is 16.9 Å². The summed E-state index contributed by atoms with van der Waals surface area (Å²) in [5, 5.41) is 5.83. The predicted molar refractivity (Wildman–Crippen MR) is 133 cm³/mol. The Hall–Kier alpha value is -3.68. The third-order valence-electron chi connectivity index (χ3n) is 5.94. The highest BCUT2D eigenvalue weighted by Crippen LogP contribution is 2.27. The molecule has 7 nitrogen and oxygen atoms in total. The molecular formula is C27H29N3O4. The molecule has 2 N–H and O–H groups in total. The lowest BCUT2D eigenvalue weighted by Crippen LogP contribution is -2.47. The molecule has 1 aliphatic heterocycles. The Morgan fingerprint density at radius 1 is 0.912 bits per heavy atom. The molecule has 4 rings (SSSR count). The Kier molecular flexibility index (Phi) is 7.57. The van der Waals surface area contributed by atoms with Crippen LogP contribution in [-0.4, -0.2) is 56.2 Å². The van der Waals surface area contributed by atoms with Crippen LogP contribution >= 0.6 is 0 Å². The van der Waals surface area contributed by atoms with E-state index < -0.39 is 0 Å². The van der Waals surface area contributed by atoms with E-state index in [4.69, 9.17) is 9.47 Å². The van der Waals surface area contributed by atoms with Crippen LogP contribution in [0.2, 0.25) is 0 Å². The average molecular weight is 460 g/mol. The van der Waals surface area contributed by atoms with Crippen molar-refractivity contribution in [1.29, 1.82) is 0 Å². The third-order valence-corrected chi connectivity index (χ3v) is 5.94. The molecule has 1 fully saturated rings. The Morgan fingerprint density at radius 3 is 2.26 bits per heavy atom. The molecule has 0 aliphatic carbocycles. The second-order valence-corrected chi connectivity index (χ2v) is 8.13. The van der Waals surface area contributed by atoms with E-state index in [1.54, 1.807) is 18.2 Å². The minimum absolute atomic E-state index is 0.158. The van der Waals surface area contributed by atoms with Crippen LogP contribution in [0.3, 0.4) is 0 Å². The first-order chi connectivity index (χ1) is 16.5. The lowest BCUT2D eigenvalue weighted by atomic mass is 10.1. The summed E-state index contributed by atoms with van der Waals surface area (Å²) in [6, 6.07) is 22.4. The molecule has 34 heavy (non-hydrogen) atoms. The van der Waals surface area contributed by atoms with Gasteiger partial charge in [0.1, 0.15) is 5.75 Å². The molecule has 0 bridgehead atoms. The molecule has 3 aromatic carbocycles. The Bertz CT molecular complexity index is 1130. The minimum Gasteiger partial charge on any atom is -0.495 e. The second kappa shape index (κ2) is 11.0. The molecular weight excluding hydrogens is 430 g/mol. The monoisotopic (exact) mass is 459 g/mol. The fourth-order valence-corrected chi connectivity index (χ4v) is 3.89. The summed E-state index contributed by atoms with van der Waals surface area (Å²) < 4.78 is 10.8. The number of morpholine rings is 1. The zero-order valence-corrected chi connectivity index (χ0v) is 19.4. The van der Waals surface area contributed by atoms with Gasteiger partial charge in [0.2, 0.25) is 5.91 Å². The van der Waals surface area contributed by atoms with Crippen molar-refractivity contribution in [2.75, 3.05) is 44.0 Å². The first-order valence-electron chi connectivity index (χ1n) is 11.3. The number of ether oxygens (including phenoxy) is 2. The zero-order valence-electron chi connectivity index (χ0n) is 19.4. The highest BCUT2D eigenvalue weighted by molar-refractivity contribution is 6.06. The van der Waals surface area contributed by atoms with E-state index in [1.165, 1.54) is 7.11 Å². The molecule has 1 atom stereocenters. The van der Waals surface area contributed by atoms with Crippen molar-refractivity contribution < 1.29 is 19.1 Å². The van der Waals surface area contributed by atoms with Gasteiger partial charge in [0.15, 0.2) is 0 Å². The van der Waals surface area contributed by atoms with Gasteiger partial charge in [0, 0.05) is 24.3 Å². The summed E-state index contributed by atoms with van der Waals surface area (Å²) in [5.41, 5.74) is 3.75.